The van der Waals surface area contributed by atoms with Gasteiger partial charge in [0.05, 0.1) is 0 Å². The van der Waals surface area contributed by atoms with Gasteiger partial charge in [0.15, 0.2) is 0 Å². The van der Waals surface area contributed by atoms with Crippen LogP contribution in [0.25, 0.3) is 0 Å². The molecule has 0 aliphatic rings. The van der Waals surface area contributed by atoms with Crippen molar-refractivity contribution in [3.63, 3.8) is 0 Å². The van der Waals surface area contributed by atoms with Gasteiger partial charge in [-0.15, -0.1) is 0 Å². The molecule has 0 aromatic heterocycles. The highest BCUT2D eigenvalue weighted by atomic mass is 15.1. The second-order valence-electron chi connectivity index (χ2n) is 4.79. The Labute approximate surface area is 70.8 Å². The predicted molar refractivity (Wildman–Crippen MR) is 50.6 cm³/mol. The van der Waals surface area contributed by atoms with Crippen LogP contribution in [0.5, 0.6) is 0 Å². The Hall–Kier alpha value is -0.0800. The number of likely N-dealkylation sites (N-methyl/N-ethyl adjacent to an activating group) is 1. The van der Waals surface area contributed by atoms with Crippen LogP contribution in [-0.4, -0.2) is 31.6 Å². The van der Waals surface area contributed by atoms with Gasteiger partial charge in [0.1, 0.15) is 0 Å². The largest absolute Gasteiger partial charge is 0.327 e. The van der Waals surface area contributed by atoms with E-state index in [9.17, 15) is 0 Å². The van der Waals surface area contributed by atoms with Crippen molar-refractivity contribution in [2.45, 2.75) is 33.2 Å². The quantitative estimate of drug-likeness (QED) is 0.671. The Morgan fingerprint density at radius 1 is 1.27 bits per heavy atom. The Bertz CT molecular complexity index is 103. The molecular weight excluding hydrogens is 136 g/mol. The fourth-order valence-corrected chi connectivity index (χ4v) is 1.32. The number of nitrogens with two attached hydrogens (primary N) is 1. The first-order chi connectivity index (χ1) is 4.81. The Kier molecular flexibility index (Phi) is 4.04. The van der Waals surface area contributed by atoms with Crippen molar-refractivity contribution in [3.05, 3.63) is 0 Å². The van der Waals surface area contributed by atoms with Crippen LogP contribution in [0.15, 0.2) is 0 Å². The molecule has 0 saturated heterocycles. The van der Waals surface area contributed by atoms with Gasteiger partial charge in [-0.1, -0.05) is 20.8 Å². The normalized spacial score (nSPS) is 15.5. The van der Waals surface area contributed by atoms with Crippen molar-refractivity contribution in [1.29, 1.82) is 0 Å². The van der Waals surface area contributed by atoms with Crippen LogP contribution >= 0.6 is 0 Å². The third-order valence-electron chi connectivity index (χ3n) is 1.47. The van der Waals surface area contributed by atoms with Crippen molar-refractivity contribution < 1.29 is 0 Å². The zero-order valence-electron chi connectivity index (χ0n) is 8.52. The lowest BCUT2D eigenvalue weighted by Gasteiger charge is -2.25. The number of hydrogen-bond donors (Lipinski definition) is 1. The first-order valence-corrected chi connectivity index (χ1v) is 4.21. The maximum absolute atomic E-state index is 5.92. The van der Waals surface area contributed by atoms with Crippen molar-refractivity contribution >= 4 is 0 Å². The number of nitrogens with zero attached hydrogens (tertiary/aromatic N) is 1. The van der Waals surface area contributed by atoms with Crippen molar-refractivity contribution in [2.75, 3.05) is 20.6 Å². The minimum Gasteiger partial charge on any atom is -0.327 e. The highest BCUT2D eigenvalue weighted by molar-refractivity contribution is 4.72. The van der Waals surface area contributed by atoms with E-state index in [-0.39, 0.29) is 0 Å². The molecule has 0 spiro atoms. The molecule has 0 aromatic carbocycles. The summed E-state index contributed by atoms with van der Waals surface area (Å²) in [4.78, 5) is 2.14. The SMILES string of the molecule is CN(C)C[C@@H](N)CC(C)(C)C. The lowest BCUT2D eigenvalue weighted by molar-refractivity contribution is 0.288. The molecule has 0 bridgehead atoms. The summed E-state index contributed by atoms with van der Waals surface area (Å²) in [5.74, 6) is 0. The van der Waals surface area contributed by atoms with Crippen LogP contribution in [0.4, 0.5) is 0 Å². The molecule has 0 unspecified atom stereocenters. The van der Waals surface area contributed by atoms with E-state index in [0.717, 1.165) is 13.0 Å². The average molecular weight is 158 g/mol. The highest BCUT2D eigenvalue weighted by Gasteiger charge is 2.15. The third kappa shape index (κ3) is 7.82. The summed E-state index contributed by atoms with van der Waals surface area (Å²) in [5.41, 5.74) is 6.28. The topological polar surface area (TPSA) is 29.3 Å². The van der Waals surface area contributed by atoms with E-state index >= 15 is 0 Å². The standard InChI is InChI=1S/C9H22N2/c1-9(2,3)6-8(10)7-11(4)5/h8H,6-7,10H2,1-5H3/t8-/m0/s1. The molecule has 2 nitrogen and oxygen atoms in total. The van der Waals surface area contributed by atoms with Crippen LogP contribution < -0.4 is 5.73 Å². The Balaban J connectivity index is 3.61. The molecule has 0 aliphatic carbocycles. The first kappa shape index (κ1) is 10.9. The van der Waals surface area contributed by atoms with Crippen LogP contribution in [0, 0.1) is 5.41 Å². The molecule has 0 aromatic rings. The monoisotopic (exact) mass is 158 g/mol. The first-order valence-electron chi connectivity index (χ1n) is 4.21. The molecule has 11 heavy (non-hydrogen) atoms. The van der Waals surface area contributed by atoms with Gasteiger partial charge in [0.2, 0.25) is 0 Å². The van der Waals surface area contributed by atoms with E-state index in [1.807, 2.05) is 0 Å². The fourth-order valence-electron chi connectivity index (χ4n) is 1.32. The van der Waals surface area contributed by atoms with Gasteiger partial charge in [-0.05, 0) is 25.9 Å². The molecule has 0 fully saturated rings. The molecule has 0 amide bonds. The van der Waals surface area contributed by atoms with E-state index in [1.54, 1.807) is 0 Å². The molecule has 0 heterocycles. The molecule has 0 rings (SSSR count). The average Bonchev–Trinajstić information content (AvgIpc) is 1.53. The Morgan fingerprint density at radius 2 is 1.73 bits per heavy atom. The molecule has 0 aliphatic heterocycles. The van der Waals surface area contributed by atoms with Crippen molar-refractivity contribution in [2.24, 2.45) is 11.1 Å². The van der Waals surface area contributed by atoms with Crippen LogP contribution in [0.2, 0.25) is 0 Å². The number of rotatable bonds is 3. The summed E-state index contributed by atoms with van der Waals surface area (Å²) in [6.07, 6.45) is 1.09. The van der Waals surface area contributed by atoms with Gasteiger partial charge in [-0.2, -0.15) is 0 Å². The van der Waals surface area contributed by atoms with E-state index < -0.39 is 0 Å². The van der Waals surface area contributed by atoms with Crippen molar-refractivity contribution in [1.82, 2.24) is 4.90 Å². The van der Waals surface area contributed by atoms with E-state index in [4.69, 9.17) is 5.73 Å². The zero-order chi connectivity index (χ0) is 9.07. The summed E-state index contributed by atoms with van der Waals surface area (Å²) < 4.78 is 0. The summed E-state index contributed by atoms with van der Waals surface area (Å²) in [7, 11) is 4.12. The van der Waals surface area contributed by atoms with Gasteiger partial charge in [-0.25, -0.2) is 0 Å². The Morgan fingerprint density at radius 3 is 2.00 bits per heavy atom. The second kappa shape index (κ2) is 4.07. The van der Waals surface area contributed by atoms with Gasteiger partial charge in [0.25, 0.3) is 0 Å². The molecule has 2 heteroatoms. The van der Waals surface area contributed by atoms with E-state index in [2.05, 4.69) is 39.8 Å². The van der Waals surface area contributed by atoms with E-state index in [1.165, 1.54) is 0 Å². The molecule has 0 saturated carbocycles. The van der Waals surface area contributed by atoms with Crippen LogP contribution in [0.1, 0.15) is 27.2 Å². The summed E-state index contributed by atoms with van der Waals surface area (Å²) in [6, 6.07) is 0.310. The summed E-state index contributed by atoms with van der Waals surface area (Å²) >= 11 is 0. The van der Waals surface area contributed by atoms with Gasteiger partial charge in [-0.3, -0.25) is 0 Å². The van der Waals surface area contributed by atoms with Gasteiger partial charge >= 0.3 is 0 Å². The lowest BCUT2D eigenvalue weighted by atomic mass is 9.88. The molecule has 68 valence electrons. The lowest BCUT2D eigenvalue weighted by Crippen LogP contribution is -2.36. The minimum absolute atomic E-state index is 0.310. The predicted octanol–water partition coefficient (Wildman–Crippen LogP) is 1.31. The zero-order valence-corrected chi connectivity index (χ0v) is 8.52. The van der Waals surface area contributed by atoms with Gasteiger partial charge in [0, 0.05) is 12.6 Å². The summed E-state index contributed by atoms with van der Waals surface area (Å²) in [5, 5.41) is 0. The molecule has 2 N–H and O–H groups in total. The number of hydrogen-bond acceptors (Lipinski definition) is 2. The fraction of sp³-hybridized carbons (Fsp3) is 1.00. The van der Waals surface area contributed by atoms with Crippen molar-refractivity contribution in [3.8, 4) is 0 Å². The van der Waals surface area contributed by atoms with Crippen LogP contribution in [0.3, 0.4) is 0 Å². The maximum atomic E-state index is 5.92. The smallest absolute Gasteiger partial charge is 0.0172 e. The highest BCUT2D eigenvalue weighted by Crippen LogP contribution is 2.19. The molecule has 1 atom stereocenters. The van der Waals surface area contributed by atoms with Gasteiger partial charge < -0.3 is 10.6 Å². The second-order valence-corrected chi connectivity index (χ2v) is 4.79. The maximum Gasteiger partial charge on any atom is 0.0172 e. The summed E-state index contributed by atoms with van der Waals surface area (Å²) in [6.45, 7) is 7.66. The minimum atomic E-state index is 0.310. The van der Waals surface area contributed by atoms with E-state index in [0.29, 0.717) is 11.5 Å². The molecular formula is C9H22N2. The third-order valence-corrected chi connectivity index (χ3v) is 1.47. The molecule has 0 radical (unpaired) electrons. The van der Waals surface area contributed by atoms with Crippen LogP contribution in [-0.2, 0) is 0 Å².